The third-order valence-electron chi connectivity index (χ3n) is 3.45. The maximum absolute atomic E-state index is 12.2. The zero-order valence-electron chi connectivity index (χ0n) is 13.4. The van der Waals surface area contributed by atoms with Crippen LogP contribution in [0.1, 0.15) is 15.2 Å². The van der Waals surface area contributed by atoms with E-state index in [0.29, 0.717) is 15.5 Å². The van der Waals surface area contributed by atoms with E-state index in [1.165, 1.54) is 29.7 Å². The number of nitrogens with zero attached hydrogens (tertiary/aromatic N) is 1. The quantitative estimate of drug-likeness (QED) is 0.464. The average molecular weight is 388 g/mol. The minimum atomic E-state index is -0.467. The summed E-state index contributed by atoms with van der Waals surface area (Å²) in [6, 6.07) is 13.8. The van der Waals surface area contributed by atoms with Gasteiger partial charge in [0.2, 0.25) is 0 Å². The van der Waals surface area contributed by atoms with Crippen LogP contribution in [0.5, 0.6) is 5.75 Å². The highest BCUT2D eigenvalue weighted by Gasteiger charge is 2.17. The number of halogens is 1. The van der Waals surface area contributed by atoms with E-state index in [9.17, 15) is 14.7 Å². The molecule has 3 rings (SSSR count). The topological polar surface area (TPSA) is 90.8 Å². The summed E-state index contributed by atoms with van der Waals surface area (Å²) in [5.74, 6) is -0.728. The number of fused-ring (bicyclic) bond motifs is 1. The van der Waals surface area contributed by atoms with Gasteiger partial charge in [0.1, 0.15) is 10.6 Å². The van der Waals surface area contributed by atoms with Crippen LogP contribution in [0.2, 0.25) is 5.02 Å². The Hall–Kier alpha value is -2.90. The fourth-order valence-electron chi connectivity index (χ4n) is 2.18. The van der Waals surface area contributed by atoms with Crippen molar-refractivity contribution in [3.63, 3.8) is 0 Å². The summed E-state index contributed by atoms with van der Waals surface area (Å²) in [7, 11) is 0. The summed E-state index contributed by atoms with van der Waals surface area (Å²) in [4.78, 5) is 24.4. The van der Waals surface area contributed by atoms with E-state index < -0.39 is 11.8 Å². The van der Waals surface area contributed by atoms with Crippen LogP contribution < -0.4 is 10.7 Å². The second-order valence-corrected chi connectivity index (χ2v) is 6.74. The maximum atomic E-state index is 12.2. The molecule has 0 saturated heterocycles. The van der Waals surface area contributed by atoms with Crippen LogP contribution >= 0.6 is 22.9 Å². The van der Waals surface area contributed by atoms with Gasteiger partial charge in [0.05, 0.1) is 17.8 Å². The number of hydrazone groups is 1. The maximum Gasteiger partial charge on any atom is 0.263 e. The van der Waals surface area contributed by atoms with Crippen molar-refractivity contribution in [1.29, 1.82) is 0 Å². The summed E-state index contributed by atoms with van der Waals surface area (Å²) in [6.07, 6.45) is 1.43. The number of nitrogens with one attached hydrogen (secondary N) is 2. The SMILES string of the molecule is O=C(CNC(=O)c1sc2ccccc2c1Cl)N/N=C\c1ccc(O)cc1. The first kappa shape index (κ1) is 17.9. The molecule has 2 aromatic carbocycles. The van der Waals surface area contributed by atoms with Crippen molar-refractivity contribution in [3.8, 4) is 5.75 Å². The summed E-state index contributed by atoms with van der Waals surface area (Å²) in [5.41, 5.74) is 3.03. The molecule has 3 N–H and O–H groups in total. The van der Waals surface area contributed by atoms with Crippen molar-refractivity contribution >= 4 is 51.1 Å². The molecular weight excluding hydrogens is 374 g/mol. The van der Waals surface area contributed by atoms with Gasteiger partial charge in [0.15, 0.2) is 0 Å². The molecule has 0 spiro atoms. The van der Waals surface area contributed by atoms with Crippen LogP contribution in [0.3, 0.4) is 0 Å². The summed E-state index contributed by atoms with van der Waals surface area (Å²) >= 11 is 7.51. The first-order valence-corrected chi connectivity index (χ1v) is 8.80. The van der Waals surface area contributed by atoms with E-state index in [2.05, 4.69) is 15.8 Å². The lowest BCUT2D eigenvalue weighted by atomic mass is 10.2. The van der Waals surface area contributed by atoms with Gasteiger partial charge < -0.3 is 10.4 Å². The third kappa shape index (κ3) is 4.19. The number of amides is 2. The molecule has 0 unspecified atom stereocenters. The fraction of sp³-hybridized carbons (Fsp3) is 0.0556. The normalized spacial score (nSPS) is 11.0. The van der Waals surface area contributed by atoms with Crippen LogP contribution in [-0.4, -0.2) is 29.7 Å². The predicted molar refractivity (Wildman–Crippen MR) is 103 cm³/mol. The second-order valence-electron chi connectivity index (χ2n) is 5.31. The molecule has 6 nitrogen and oxygen atoms in total. The number of carbonyl (C=O) groups excluding carboxylic acids is 2. The van der Waals surface area contributed by atoms with E-state index in [4.69, 9.17) is 11.6 Å². The Kier molecular flexibility index (Phi) is 5.50. The molecule has 26 heavy (non-hydrogen) atoms. The smallest absolute Gasteiger partial charge is 0.263 e. The lowest BCUT2D eigenvalue weighted by Gasteiger charge is -2.03. The fourth-order valence-corrected chi connectivity index (χ4v) is 3.61. The second kappa shape index (κ2) is 7.99. The van der Waals surface area contributed by atoms with Crippen LogP contribution in [0.25, 0.3) is 10.1 Å². The first-order chi connectivity index (χ1) is 12.5. The zero-order valence-corrected chi connectivity index (χ0v) is 15.0. The molecule has 0 aliphatic rings. The molecule has 2 amide bonds. The lowest BCUT2D eigenvalue weighted by Crippen LogP contribution is -2.34. The van der Waals surface area contributed by atoms with Gasteiger partial charge in [-0.25, -0.2) is 5.43 Å². The van der Waals surface area contributed by atoms with Crippen molar-refractivity contribution in [2.45, 2.75) is 0 Å². The molecule has 3 aromatic rings. The van der Waals surface area contributed by atoms with E-state index in [0.717, 1.165) is 10.1 Å². The molecule has 0 saturated carbocycles. The van der Waals surface area contributed by atoms with Crippen LogP contribution in [0, 0.1) is 0 Å². The van der Waals surface area contributed by atoms with Gasteiger partial charge >= 0.3 is 0 Å². The monoisotopic (exact) mass is 387 g/mol. The van der Waals surface area contributed by atoms with Crippen molar-refractivity contribution in [2.24, 2.45) is 5.10 Å². The molecule has 0 radical (unpaired) electrons. The van der Waals surface area contributed by atoms with Gasteiger partial charge in [-0.2, -0.15) is 5.10 Å². The Morgan fingerprint density at radius 1 is 1.15 bits per heavy atom. The Morgan fingerprint density at radius 2 is 1.88 bits per heavy atom. The lowest BCUT2D eigenvalue weighted by molar-refractivity contribution is -0.120. The van der Waals surface area contributed by atoms with E-state index in [1.807, 2.05) is 24.3 Å². The Balaban J connectivity index is 1.54. The predicted octanol–water partition coefficient (Wildman–Crippen LogP) is 3.14. The molecule has 8 heteroatoms. The number of carbonyl (C=O) groups is 2. The number of hydrogen-bond acceptors (Lipinski definition) is 5. The summed E-state index contributed by atoms with van der Waals surface area (Å²) in [6.45, 7) is -0.226. The largest absolute Gasteiger partial charge is 0.508 e. The Morgan fingerprint density at radius 3 is 2.62 bits per heavy atom. The van der Waals surface area contributed by atoms with Crippen molar-refractivity contribution in [1.82, 2.24) is 10.7 Å². The zero-order chi connectivity index (χ0) is 18.5. The molecule has 0 atom stereocenters. The van der Waals surface area contributed by atoms with Crippen LogP contribution in [-0.2, 0) is 4.79 Å². The number of aromatic hydroxyl groups is 1. The average Bonchev–Trinajstić information content (AvgIpc) is 2.98. The summed E-state index contributed by atoms with van der Waals surface area (Å²) in [5, 5.41) is 16.7. The highest BCUT2D eigenvalue weighted by Crippen LogP contribution is 2.34. The molecule has 0 fully saturated rings. The van der Waals surface area contributed by atoms with Crippen LogP contribution in [0.4, 0.5) is 0 Å². The highest BCUT2D eigenvalue weighted by molar-refractivity contribution is 7.21. The number of phenols is 1. The number of phenolic OH excluding ortho intramolecular Hbond substituents is 1. The van der Waals surface area contributed by atoms with Gasteiger partial charge in [-0.05, 0) is 35.9 Å². The number of thiophene rings is 1. The molecule has 0 bridgehead atoms. The highest BCUT2D eigenvalue weighted by atomic mass is 35.5. The van der Waals surface area contributed by atoms with Crippen molar-refractivity contribution in [3.05, 3.63) is 64.0 Å². The van der Waals surface area contributed by atoms with E-state index in [-0.39, 0.29) is 12.3 Å². The molecule has 0 aliphatic carbocycles. The number of rotatable bonds is 5. The third-order valence-corrected chi connectivity index (χ3v) is 5.12. The van der Waals surface area contributed by atoms with Gasteiger partial charge in [-0.3, -0.25) is 9.59 Å². The van der Waals surface area contributed by atoms with Gasteiger partial charge in [-0.1, -0.05) is 29.8 Å². The molecular formula is C18H14ClN3O3S. The molecule has 1 aromatic heterocycles. The van der Waals surface area contributed by atoms with Crippen LogP contribution in [0.15, 0.2) is 53.6 Å². The number of hydrogen-bond donors (Lipinski definition) is 3. The summed E-state index contributed by atoms with van der Waals surface area (Å²) < 4.78 is 0.908. The standard InChI is InChI=1S/C18H14ClN3O3S/c19-16-13-3-1-2-4-14(13)26-17(16)18(25)20-10-15(24)22-21-9-11-5-7-12(23)8-6-11/h1-9,23H,10H2,(H,20,25)(H,22,24)/b21-9-. The van der Waals surface area contributed by atoms with Gasteiger partial charge in [0, 0.05) is 10.1 Å². The number of benzene rings is 2. The van der Waals surface area contributed by atoms with E-state index in [1.54, 1.807) is 12.1 Å². The molecule has 1 heterocycles. The van der Waals surface area contributed by atoms with Crippen molar-refractivity contribution < 1.29 is 14.7 Å². The Bertz CT molecular complexity index is 983. The van der Waals surface area contributed by atoms with Gasteiger partial charge in [-0.15, -0.1) is 11.3 Å². The van der Waals surface area contributed by atoms with Crippen molar-refractivity contribution in [2.75, 3.05) is 6.54 Å². The van der Waals surface area contributed by atoms with Gasteiger partial charge in [0.25, 0.3) is 11.8 Å². The van der Waals surface area contributed by atoms with E-state index >= 15 is 0 Å². The first-order valence-electron chi connectivity index (χ1n) is 7.61. The minimum absolute atomic E-state index is 0.147. The molecule has 0 aliphatic heterocycles. The minimum Gasteiger partial charge on any atom is -0.508 e. The molecule has 132 valence electrons. The Labute approximate surface area is 158 Å².